The number of nitriles is 1. The Morgan fingerprint density at radius 2 is 1.94 bits per heavy atom. The normalized spacial score (nSPS) is 11.8. The lowest BCUT2D eigenvalue weighted by molar-refractivity contribution is 0.342. The summed E-state index contributed by atoms with van der Waals surface area (Å²) >= 11 is 0. The number of rotatable bonds is 5. The molecule has 0 aliphatic rings. The predicted octanol–water partition coefficient (Wildman–Crippen LogP) is 4.65. The molecule has 8 nitrogen and oxygen atoms in total. The number of hydrogen-bond acceptors (Lipinski definition) is 6. The third kappa shape index (κ3) is 3.61. The van der Waals surface area contributed by atoms with Crippen LogP contribution < -0.4 is 10.2 Å². The molecule has 0 saturated carbocycles. The highest BCUT2D eigenvalue weighted by Crippen LogP contribution is 2.36. The zero-order valence-electron chi connectivity index (χ0n) is 18.8. The number of aryl methyl sites for hydroxylation is 1. The van der Waals surface area contributed by atoms with Gasteiger partial charge in [-0.2, -0.15) is 13.7 Å². The van der Waals surface area contributed by atoms with E-state index >= 15 is 0 Å². The van der Waals surface area contributed by atoms with Gasteiger partial charge >= 0.3 is 10.2 Å². The Morgan fingerprint density at radius 1 is 1.14 bits per heavy atom. The largest absolute Gasteiger partial charge is 0.493 e. The molecular formula is C25H19FN4O4S. The van der Waals surface area contributed by atoms with Gasteiger partial charge in [0.1, 0.15) is 16.3 Å². The van der Waals surface area contributed by atoms with Gasteiger partial charge in [-0.3, -0.25) is 9.78 Å². The summed E-state index contributed by atoms with van der Waals surface area (Å²) in [5.41, 5.74) is 2.93. The van der Waals surface area contributed by atoms with Crippen molar-refractivity contribution in [3.8, 4) is 22.9 Å². The van der Waals surface area contributed by atoms with Gasteiger partial charge in [-0.05, 0) is 44.2 Å². The van der Waals surface area contributed by atoms with Crippen molar-refractivity contribution in [3.63, 3.8) is 0 Å². The van der Waals surface area contributed by atoms with Crippen LogP contribution in [-0.2, 0) is 16.8 Å². The van der Waals surface area contributed by atoms with E-state index in [4.69, 9.17) is 4.74 Å². The van der Waals surface area contributed by atoms with Crippen LogP contribution in [0.5, 0.6) is 5.75 Å². The van der Waals surface area contributed by atoms with E-state index in [2.05, 4.69) is 16.0 Å². The Bertz CT molecular complexity index is 1870. The third-order valence-corrected chi connectivity index (χ3v) is 6.75. The Morgan fingerprint density at radius 3 is 2.63 bits per heavy atom. The zero-order chi connectivity index (χ0) is 24.9. The maximum Gasteiger partial charge on any atom is 0.333 e. The smallest absolute Gasteiger partial charge is 0.333 e. The third-order valence-electron chi connectivity index (χ3n) is 5.96. The standard InChI is InChI=1S/C25H19FN4O4S/c1-3-30-21-9-18(15-8-16(13-28-12-15)35(26,32)33)22(34-4-2)10-19(21)24(31)23-17-6-5-14(11-27)7-20(17)29-25(23)30/h5-10,12-13,29H,3-4H2,1-2H3. The maximum absolute atomic E-state index is 13.7. The molecule has 10 heteroatoms. The molecule has 176 valence electrons. The molecule has 0 bridgehead atoms. The molecule has 5 rings (SSSR count). The number of benzene rings is 2. The maximum atomic E-state index is 13.7. The Labute approximate surface area is 199 Å². The Hall–Kier alpha value is -4.23. The fraction of sp³-hybridized carbons (Fsp3) is 0.160. The molecule has 35 heavy (non-hydrogen) atoms. The number of H-pyrrole nitrogens is 1. The summed E-state index contributed by atoms with van der Waals surface area (Å²) in [6.07, 6.45) is 2.35. The summed E-state index contributed by atoms with van der Waals surface area (Å²) < 4.78 is 44.3. The minimum atomic E-state index is -4.96. The van der Waals surface area contributed by atoms with Gasteiger partial charge in [-0.15, -0.1) is 3.89 Å². The number of fused-ring (bicyclic) bond motifs is 4. The highest BCUT2D eigenvalue weighted by atomic mass is 32.3. The van der Waals surface area contributed by atoms with Crippen LogP contribution in [0.15, 0.2) is 58.5 Å². The van der Waals surface area contributed by atoms with Crippen molar-refractivity contribution >= 4 is 43.1 Å². The fourth-order valence-corrected chi connectivity index (χ4v) is 4.90. The molecule has 1 N–H and O–H groups in total. The van der Waals surface area contributed by atoms with E-state index in [9.17, 15) is 22.4 Å². The minimum absolute atomic E-state index is 0.207. The van der Waals surface area contributed by atoms with Gasteiger partial charge in [0.2, 0.25) is 0 Å². The van der Waals surface area contributed by atoms with Gasteiger partial charge in [0.05, 0.1) is 34.5 Å². The highest BCUT2D eigenvalue weighted by molar-refractivity contribution is 7.86. The molecular weight excluding hydrogens is 471 g/mol. The van der Waals surface area contributed by atoms with Crippen LogP contribution in [0.25, 0.3) is 44.0 Å². The number of ether oxygens (including phenoxy) is 1. The first kappa shape index (κ1) is 22.6. The zero-order valence-corrected chi connectivity index (χ0v) is 19.6. The summed E-state index contributed by atoms with van der Waals surface area (Å²) in [6, 6.07) is 11.8. The Kier molecular flexibility index (Phi) is 5.29. The van der Waals surface area contributed by atoms with Gasteiger partial charge in [-0.25, -0.2) is 0 Å². The van der Waals surface area contributed by atoms with Crippen LogP contribution in [-0.4, -0.2) is 29.6 Å². The lowest BCUT2D eigenvalue weighted by atomic mass is 10.0. The fourth-order valence-electron chi connectivity index (χ4n) is 4.44. The van der Waals surface area contributed by atoms with Crippen molar-refractivity contribution in [2.24, 2.45) is 0 Å². The van der Waals surface area contributed by atoms with Crippen molar-refractivity contribution in [2.45, 2.75) is 25.3 Å². The summed E-state index contributed by atoms with van der Waals surface area (Å²) in [7, 11) is -4.96. The lowest BCUT2D eigenvalue weighted by Gasteiger charge is -2.16. The van der Waals surface area contributed by atoms with E-state index in [1.807, 2.05) is 11.5 Å². The van der Waals surface area contributed by atoms with Gasteiger partial charge in [0.15, 0.2) is 5.43 Å². The SMILES string of the molecule is CCOc1cc2c(=O)c3c4ccc(C#N)cc4[nH]c3n(CC)c2cc1-c1cncc(S(=O)(=O)F)c1. The van der Waals surface area contributed by atoms with Crippen LogP contribution in [0.3, 0.4) is 0 Å². The number of aromatic nitrogens is 3. The van der Waals surface area contributed by atoms with Crippen molar-refractivity contribution < 1.29 is 17.0 Å². The number of hydrogen-bond donors (Lipinski definition) is 1. The van der Waals surface area contributed by atoms with Crippen molar-refractivity contribution in [2.75, 3.05) is 6.61 Å². The summed E-state index contributed by atoms with van der Waals surface area (Å²) in [5, 5.41) is 10.9. The molecule has 0 amide bonds. The molecule has 0 spiro atoms. The number of halogens is 1. The van der Waals surface area contributed by atoms with Crippen molar-refractivity contribution in [3.05, 3.63) is 64.6 Å². The summed E-state index contributed by atoms with van der Waals surface area (Å²) in [5.74, 6) is 0.348. The van der Waals surface area contributed by atoms with Gasteiger partial charge in [0.25, 0.3) is 0 Å². The van der Waals surface area contributed by atoms with Crippen LogP contribution in [0.1, 0.15) is 19.4 Å². The molecule has 0 fully saturated rings. The van der Waals surface area contributed by atoms with Crippen LogP contribution >= 0.6 is 0 Å². The molecule has 3 aromatic heterocycles. The highest BCUT2D eigenvalue weighted by Gasteiger charge is 2.20. The number of nitrogens with zero attached hydrogens (tertiary/aromatic N) is 3. The van der Waals surface area contributed by atoms with Crippen molar-refractivity contribution in [1.82, 2.24) is 14.5 Å². The van der Waals surface area contributed by atoms with Gasteiger partial charge < -0.3 is 14.3 Å². The molecule has 5 aromatic rings. The van der Waals surface area contributed by atoms with E-state index < -0.39 is 15.1 Å². The van der Waals surface area contributed by atoms with E-state index in [1.54, 1.807) is 37.3 Å². The molecule has 0 saturated heterocycles. The second-order valence-corrected chi connectivity index (χ2v) is 9.29. The minimum Gasteiger partial charge on any atom is -0.493 e. The monoisotopic (exact) mass is 490 g/mol. The molecule has 0 atom stereocenters. The first-order valence-electron chi connectivity index (χ1n) is 10.9. The van der Waals surface area contributed by atoms with Gasteiger partial charge in [-0.1, -0.05) is 6.07 Å². The lowest BCUT2D eigenvalue weighted by Crippen LogP contribution is -2.11. The van der Waals surface area contributed by atoms with Crippen LogP contribution in [0.2, 0.25) is 0 Å². The summed E-state index contributed by atoms with van der Waals surface area (Å²) in [4.78, 5) is 20.3. The number of aromatic amines is 1. The van der Waals surface area contributed by atoms with E-state index in [1.165, 1.54) is 12.3 Å². The average Bonchev–Trinajstić information content (AvgIpc) is 3.22. The first-order valence-corrected chi connectivity index (χ1v) is 12.2. The first-order chi connectivity index (χ1) is 16.8. The molecule has 0 radical (unpaired) electrons. The molecule has 0 aliphatic carbocycles. The summed E-state index contributed by atoms with van der Waals surface area (Å²) in [6.45, 7) is 4.52. The topological polar surface area (TPSA) is 118 Å². The average molecular weight is 491 g/mol. The molecule has 0 aliphatic heterocycles. The van der Waals surface area contributed by atoms with Gasteiger partial charge in [0, 0.05) is 41.0 Å². The number of nitrogens with one attached hydrogen (secondary N) is 1. The predicted molar refractivity (Wildman–Crippen MR) is 131 cm³/mol. The Balaban J connectivity index is 1.90. The quantitative estimate of drug-likeness (QED) is 0.359. The van der Waals surface area contributed by atoms with E-state index in [-0.39, 0.29) is 5.43 Å². The van der Waals surface area contributed by atoms with E-state index in [0.717, 1.165) is 6.20 Å². The van der Waals surface area contributed by atoms with Crippen LogP contribution in [0, 0.1) is 11.3 Å². The molecule has 0 unspecified atom stereocenters. The second-order valence-electron chi connectivity index (χ2n) is 7.94. The van der Waals surface area contributed by atoms with E-state index in [0.29, 0.717) is 68.4 Å². The second kappa shape index (κ2) is 8.21. The molecule has 3 heterocycles. The number of pyridine rings is 2. The van der Waals surface area contributed by atoms with Crippen LogP contribution in [0.4, 0.5) is 3.89 Å². The molecule has 2 aromatic carbocycles. The van der Waals surface area contributed by atoms with Crippen molar-refractivity contribution in [1.29, 1.82) is 5.26 Å².